The summed E-state index contributed by atoms with van der Waals surface area (Å²) in [6, 6.07) is 0. The summed E-state index contributed by atoms with van der Waals surface area (Å²) in [6.45, 7) is 0. The molecule has 0 amide bonds. The monoisotopic (exact) mass is 102 g/mol. The lowest BCUT2D eigenvalue weighted by Gasteiger charge is -2.03. The topological polar surface area (TPSA) is 24.1 Å². The van der Waals surface area contributed by atoms with Crippen molar-refractivity contribution in [1.82, 2.24) is 10.3 Å². The molecule has 34 valence electrons. The fraction of sp³-hybridized carbons (Fsp3) is 0.333. The van der Waals surface area contributed by atoms with Crippen LogP contribution in [-0.4, -0.2) is 5.75 Å². The molecule has 0 bridgehead atoms. The Kier molecular flexibility index (Phi) is 1.41. The van der Waals surface area contributed by atoms with Crippen LogP contribution in [0.25, 0.3) is 0 Å². The first-order valence-corrected chi connectivity index (χ1v) is 2.76. The van der Waals surface area contributed by atoms with Crippen LogP contribution >= 0.6 is 11.9 Å². The summed E-state index contributed by atoms with van der Waals surface area (Å²) in [5.74, 6) is 1.06. The van der Waals surface area contributed by atoms with Gasteiger partial charge in [0.15, 0.2) is 0 Å². The summed E-state index contributed by atoms with van der Waals surface area (Å²) in [7, 11) is 0. The molecule has 0 fully saturated rings. The molecule has 2 nitrogen and oxygen atoms in total. The van der Waals surface area contributed by atoms with Crippen LogP contribution in [0, 0.1) is 0 Å². The average molecular weight is 102 g/mol. The highest BCUT2D eigenvalue weighted by Crippen LogP contribution is 1.93. The van der Waals surface area contributed by atoms with E-state index in [1.165, 1.54) is 0 Å². The Morgan fingerprint density at radius 3 is 2.83 bits per heavy atom. The second-order valence-corrected chi connectivity index (χ2v) is 1.79. The molecule has 3 heteroatoms. The first kappa shape index (κ1) is 4.02. The minimum atomic E-state index is 1.06. The van der Waals surface area contributed by atoms with Crippen molar-refractivity contribution in [2.75, 3.05) is 5.75 Å². The van der Waals surface area contributed by atoms with Crippen LogP contribution in [0.15, 0.2) is 12.3 Å². The number of rotatable bonds is 0. The van der Waals surface area contributed by atoms with Gasteiger partial charge in [-0.25, -0.2) is 0 Å². The molecule has 1 aliphatic rings. The van der Waals surface area contributed by atoms with Crippen molar-refractivity contribution in [3.8, 4) is 0 Å². The van der Waals surface area contributed by atoms with Crippen LogP contribution in [0.3, 0.4) is 0 Å². The van der Waals surface area contributed by atoms with E-state index in [2.05, 4.69) is 16.3 Å². The molecule has 0 aromatic heterocycles. The van der Waals surface area contributed by atoms with Gasteiger partial charge in [-0.05, 0) is 0 Å². The molecule has 1 rings (SSSR count). The number of nitrogens with one attached hydrogen (secondary N) is 2. The number of hydrogen-bond acceptors (Lipinski definition) is 3. The van der Waals surface area contributed by atoms with Crippen molar-refractivity contribution in [2.24, 2.45) is 0 Å². The van der Waals surface area contributed by atoms with Gasteiger partial charge in [0.1, 0.15) is 0 Å². The first-order valence-electron chi connectivity index (χ1n) is 1.77. The van der Waals surface area contributed by atoms with E-state index in [1.807, 2.05) is 6.20 Å². The van der Waals surface area contributed by atoms with Crippen molar-refractivity contribution in [1.29, 1.82) is 0 Å². The molecule has 6 heavy (non-hydrogen) atoms. The second kappa shape index (κ2) is 2.10. The molecule has 2 N–H and O–H groups in total. The molecule has 1 aliphatic heterocycles. The maximum absolute atomic E-state index is 2.86. The van der Waals surface area contributed by atoms with Crippen LogP contribution in [0.2, 0.25) is 0 Å². The fourth-order valence-corrected chi connectivity index (χ4v) is 0.700. The number of hydrogen-bond donors (Lipinski definition) is 2. The third kappa shape index (κ3) is 0.914. The van der Waals surface area contributed by atoms with E-state index in [9.17, 15) is 0 Å². The predicted octanol–water partition coefficient (Wildman–Crippen LogP) is 0.256. The standard InChI is InChI=1S/C3H6N2S/c1-2-4-5-6-3-1/h1-2,4-5H,3H2. The Morgan fingerprint density at radius 2 is 2.67 bits per heavy atom. The highest BCUT2D eigenvalue weighted by Gasteiger charge is 1.83. The van der Waals surface area contributed by atoms with Gasteiger partial charge in [-0.15, -0.1) is 0 Å². The smallest absolute Gasteiger partial charge is 0.0293 e. The maximum Gasteiger partial charge on any atom is 0.0293 e. The third-order valence-electron chi connectivity index (χ3n) is 0.512. The van der Waals surface area contributed by atoms with Gasteiger partial charge < -0.3 is 5.43 Å². The Bertz CT molecular complexity index is 53.8. The summed E-state index contributed by atoms with van der Waals surface area (Å²) in [6.07, 6.45) is 3.94. The lowest BCUT2D eigenvalue weighted by Crippen LogP contribution is -2.21. The molecule has 0 atom stereocenters. The van der Waals surface area contributed by atoms with Crippen LogP contribution in [0.5, 0.6) is 0 Å². The quantitative estimate of drug-likeness (QED) is 0.429. The molecule has 1 heterocycles. The molecule has 0 spiro atoms. The van der Waals surface area contributed by atoms with Crippen molar-refractivity contribution in [3.05, 3.63) is 12.3 Å². The van der Waals surface area contributed by atoms with Gasteiger partial charge in [0, 0.05) is 12.0 Å². The molecule has 0 saturated carbocycles. The van der Waals surface area contributed by atoms with E-state index >= 15 is 0 Å². The minimum Gasteiger partial charge on any atom is -0.319 e. The highest BCUT2D eigenvalue weighted by molar-refractivity contribution is 7.97. The first-order chi connectivity index (χ1) is 3.00. The summed E-state index contributed by atoms with van der Waals surface area (Å²) >= 11 is 1.65. The Hall–Kier alpha value is -0.150. The van der Waals surface area contributed by atoms with Gasteiger partial charge in [0.25, 0.3) is 0 Å². The second-order valence-electron chi connectivity index (χ2n) is 0.960. The van der Waals surface area contributed by atoms with Crippen LogP contribution in [0.1, 0.15) is 0 Å². The molecular weight excluding hydrogens is 96.1 g/mol. The minimum absolute atomic E-state index is 1.06. The van der Waals surface area contributed by atoms with Gasteiger partial charge in [0.2, 0.25) is 0 Å². The third-order valence-corrected chi connectivity index (χ3v) is 1.13. The molecule has 0 unspecified atom stereocenters. The molecule has 0 saturated heterocycles. The normalized spacial score (nSPS) is 20.0. The largest absolute Gasteiger partial charge is 0.319 e. The van der Waals surface area contributed by atoms with Gasteiger partial charge in [-0.1, -0.05) is 18.0 Å². The van der Waals surface area contributed by atoms with Gasteiger partial charge >= 0.3 is 0 Å². The molecule has 0 aromatic rings. The zero-order valence-corrected chi connectivity index (χ0v) is 4.09. The Labute approximate surface area is 41.1 Å². The van der Waals surface area contributed by atoms with Gasteiger partial charge in [0.05, 0.1) is 0 Å². The van der Waals surface area contributed by atoms with E-state index < -0.39 is 0 Å². The van der Waals surface area contributed by atoms with Gasteiger partial charge in [-0.3, -0.25) is 0 Å². The van der Waals surface area contributed by atoms with E-state index in [-0.39, 0.29) is 0 Å². The molecule has 0 aliphatic carbocycles. The van der Waals surface area contributed by atoms with E-state index in [4.69, 9.17) is 0 Å². The summed E-state index contributed by atoms with van der Waals surface area (Å²) in [5, 5.41) is 0. The molecule has 0 aromatic carbocycles. The van der Waals surface area contributed by atoms with Crippen LogP contribution in [0.4, 0.5) is 0 Å². The number of hydrazine groups is 1. The summed E-state index contributed by atoms with van der Waals surface area (Å²) in [4.78, 5) is 2.86. The maximum atomic E-state index is 2.86. The average Bonchev–Trinajstić information content (AvgIpc) is 1.72. The van der Waals surface area contributed by atoms with E-state index in [1.54, 1.807) is 11.9 Å². The SMILES string of the molecule is C1=CNNSC1. The van der Waals surface area contributed by atoms with Crippen molar-refractivity contribution in [2.45, 2.75) is 0 Å². The van der Waals surface area contributed by atoms with Crippen LogP contribution < -0.4 is 10.3 Å². The van der Waals surface area contributed by atoms with E-state index in [0.29, 0.717) is 0 Å². The Morgan fingerprint density at radius 1 is 1.67 bits per heavy atom. The van der Waals surface area contributed by atoms with Crippen molar-refractivity contribution in [3.63, 3.8) is 0 Å². The lowest BCUT2D eigenvalue weighted by molar-refractivity contribution is 0.864. The summed E-state index contributed by atoms with van der Waals surface area (Å²) in [5.41, 5.74) is 2.82. The van der Waals surface area contributed by atoms with Gasteiger partial charge in [-0.2, -0.15) is 4.83 Å². The zero-order valence-electron chi connectivity index (χ0n) is 3.27. The molecular formula is C3H6N2S. The fourth-order valence-electron chi connectivity index (χ4n) is 0.273. The van der Waals surface area contributed by atoms with Crippen molar-refractivity contribution >= 4 is 11.9 Å². The van der Waals surface area contributed by atoms with Crippen LogP contribution in [-0.2, 0) is 0 Å². The zero-order chi connectivity index (χ0) is 4.24. The van der Waals surface area contributed by atoms with Crippen molar-refractivity contribution < 1.29 is 0 Å². The lowest BCUT2D eigenvalue weighted by atomic mass is 10.7. The molecule has 0 radical (unpaired) electrons. The summed E-state index contributed by atoms with van der Waals surface area (Å²) < 4.78 is 0. The predicted molar refractivity (Wildman–Crippen MR) is 27.9 cm³/mol. The highest BCUT2D eigenvalue weighted by atomic mass is 32.2. The Balaban J connectivity index is 2.26. The van der Waals surface area contributed by atoms with E-state index in [0.717, 1.165) is 5.75 Å².